The van der Waals surface area contributed by atoms with Gasteiger partial charge < -0.3 is 10.0 Å². The van der Waals surface area contributed by atoms with E-state index < -0.39 is 5.97 Å². The van der Waals surface area contributed by atoms with Gasteiger partial charge in [0.05, 0.1) is 5.02 Å². The molecule has 0 fully saturated rings. The van der Waals surface area contributed by atoms with Gasteiger partial charge >= 0.3 is 5.97 Å². The van der Waals surface area contributed by atoms with Gasteiger partial charge in [-0.3, -0.25) is 9.59 Å². The van der Waals surface area contributed by atoms with Crippen molar-refractivity contribution in [1.82, 2.24) is 4.90 Å². The van der Waals surface area contributed by atoms with Crippen molar-refractivity contribution in [3.63, 3.8) is 0 Å². The summed E-state index contributed by atoms with van der Waals surface area (Å²) in [7, 11) is 0. The Morgan fingerprint density at radius 2 is 2.19 bits per heavy atom. The standard InChI is InChI=1S/C10H12ClNO3S/c1-3-12(4-7(13)14)10(15)9-8(11)6(2)5-16-9/h5H,3-4H2,1-2H3,(H,13,14). The summed E-state index contributed by atoms with van der Waals surface area (Å²) < 4.78 is 0. The number of carbonyl (C=O) groups is 2. The molecular weight excluding hydrogens is 250 g/mol. The van der Waals surface area contributed by atoms with Gasteiger partial charge in [0.25, 0.3) is 5.91 Å². The lowest BCUT2D eigenvalue weighted by molar-refractivity contribution is -0.137. The quantitative estimate of drug-likeness (QED) is 0.904. The second-order valence-electron chi connectivity index (χ2n) is 3.27. The Bertz CT molecular complexity index is 416. The number of amides is 1. The van der Waals surface area contributed by atoms with Gasteiger partial charge in [0.1, 0.15) is 11.4 Å². The Morgan fingerprint density at radius 1 is 1.56 bits per heavy atom. The molecule has 0 spiro atoms. The van der Waals surface area contributed by atoms with E-state index in [0.717, 1.165) is 5.56 Å². The summed E-state index contributed by atoms with van der Waals surface area (Å²) in [6.45, 7) is 3.58. The van der Waals surface area contributed by atoms with Crippen LogP contribution in [0.4, 0.5) is 0 Å². The zero-order chi connectivity index (χ0) is 12.3. The topological polar surface area (TPSA) is 57.6 Å². The monoisotopic (exact) mass is 261 g/mol. The number of hydrogen-bond acceptors (Lipinski definition) is 3. The highest BCUT2D eigenvalue weighted by Crippen LogP contribution is 2.28. The molecule has 0 aromatic carbocycles. The van der Waals surface area contributed by atoms with E-state index in [0.29, 0.717) is 16.4 Å². The van der Waals surface area contributed by atoms with Crippen LogP contribution in [0.3, 0.4) is 0 Å². The second-order valence-corrected chi connectivity index (χ2v) is 4.53. The number of carboxylic acid groups (broad SMARTS) is 1. The molecule has 0 saturated carbocycles. The third-order valence-electron chi connectivity index (χ3n) is 2.09. The molecule has 1 N–H and O–H groups in total. The third kappa shape index (κ3) is 2.74. The molecule has 88 valence electrons. The van der Waals surface area contributed by atoms with Crippen molar-refractivity contribution in [2.75, 3.05) is 13.1 Å². The fraction of sp³-hybridized carbons (Fsp3) is 0.400. The first-order chi connectivity index (χ1) is 7.47. The van der Waals surface area contributed by atoms with Gasteiger partial charge in [0.2, 0.25) is 0 Å². The maximum atomic E-state index is 11.9. The first-order valence-electron chi connectivity index (χ1n) is 4.72. The lowest BCUT2D eigenvalue weighted by Gasteiger charge is -2.17. The van der Waals surface area contributed by atoms with E-state index in [1.165, 1.54) is 16.2 Å². The second kappa shape index (κ2) is 5.32. The van der Waals surface area contributed by atoms with Crippen LogP contribution in [0.1, 0.15) is 22.2 Å². The highest BCUT2D eigenvalue weighted by molar-refractivity contribution is 7.13. The summed E-state index contributed by atoms with van der Waals surface area (Å²) in [6.07, 6.45) is 0. The molecule has 0 radical (unpaired) electrons. The average Bonchev–Trinajstić information content (AvgIpc) is 2.55. The molecule has 1 amide bonds. The van der Waals surface area contributed by atoms with Crippen LogP contribution in [0, 0.1) is 6.92 Å². The van der Waals surface area contributed by atoms with E-state index in [9.17, 15) is 9.59 Å². The normalized spacial score (nSPS) is 10.2. The minimum absolute atomic E-state index is 0.303. The summed E-state index contributed by atoms with van der Waals surface area (Å²) in [5, 5.41) is 10.9. The highest BCUT2D eigenvalue weighted by Gasteiger charge is 2.21. The molecular formula is C10H12ClNO3S. The minimum atomic E-state index is -1.03. The van der Waals surface area contributed by atoms with Crippen molar-refractivity contribution >= 4 is 34.8 Å². The SMILES string of the molecule is CCN(CC(=O)O)C(=O)c1scc(C)c1Cl. The van der Waals surface area contributed by atoms with Gasteiger partial charge in [0.15, 0.2) is 0 Å². The minimum Gasteiger partial charge on any atom is -0.480 e. The summed E-state index contributed by atoms with van der Waals surface area (Å²) in [5.41, 5.74) is 0.835. The molecule has 1 aromatic heterocycles. The van der Waals surface area contributed by atoms with Crippen LogP contribution >= 0.6 is 22.9 Å². The molecule has 0 aliphatic heterocycles. The van der Waals surface area contributed by atoms with Gasteiger partial charge in [-0.05, 0) is 24.8 Å². The first-order valence-corrected chi connectivity index (χ1v) is 5.97. The smallest absolute Gasteiger partial charge is 0.323 e. The van der Waals surface area contributed by atoms with Crippen molar-refractivity contribution < 1.29 is 14.7 Å². The lowest BCUT2D eigenvalue weighted by Crippen LogP contribution is -2.35. The van der Waals surface area contributed by atoms with Gasteiger partial charge in [-0.2, -0.15) is 0 Å². The molecule has 1 rings (SSSR count). The van der Waals surface area contributed by atoms with E-state index in [4.69, 9.17) is 16.7 Å². The zero-order valence-electron chi connectivity index (χ0n) is 8.99. The molecule has 0 saturated heterocycles. The maximum absolute atomic E-state index is 11.9. The number of likely N-dealkylation sites (N-methyl/N-ethyl adjacent to an activating group) is 1. The number of carboxylic acids is 1. The van der Waals surface area contributed by atoms with Crippen LogP contribution in [0.5, 0.6) is 0 Å². The van der Waals surface area contributed by atoms with Crippen LogP contribution in [0.15, 0.2) is 5.38 Å². The average molecular weight is 262 g/mol. The van der Waals surface area contributed by atoms with Crippen molar-refractivity contribution in [1.29, 1.82) is 0 Å². The van der Waals surface area contributed by atoms with E-state index in [1.54, 1.807) is 12.3 Å². The van der Waals surface area contributed by atoms with Crippen molar-refractivity contribution in [2.24, 2.45) is 0 Å². The van der Waals surface area contributed by atoms with Crippen LogP contribution < -0.4 is 0 Å². The number of rotatable bonds is 4. The Morgan fingerprint density at radius 3 is 2.56 bits per heavy atom. The molecule has 0 bridgehead atoms. The van der Waals surface area contributed by atoms with E-state index in [1.807, 2.05) is 6.92 Å². The number of halogens is 1. The van der Waals surface area contributed by atoms with Gasteiger partial charge in [-0.25, -0.2) is 0 Å². The molecule has 0 unspecified atom stereocenters. The summed E-state index contributed by atoms with van der Waals surface area (Å²) in [4.78, 5) is 24.2. The van der Waals surface area contributed by atoms with Crippen molar-refractivity contribution in [2.45, 2.75) is 13.8 Å². The van der Waals surface area contributed by atoms with Crippen molar-refractivity contribution in [3.05, 3.63) is 20.8 Å². The number of aliphatic carboxylic acids is 1. The van der Waals surface area contributed by atoms with Crippen LogP contribution in [-0.2, 0) is 4.79 Å². The molecule has 1 aromatic rings. The third-order valence-corrected chi connectivity index (χ3v) is 3.77. The van der Waals surface area contributed by atoms with Gasteiger partial charge in [-0.15, -0.1) is 11.3 Å². The number of hydrogen-bond donors (Lipinski definition) is 1. The fourth-order valence-corrected chi connectivity index (χ4v) is 2.45. The first kappa shape index (κ1) is 13.0. The van der Waals surface area contributed by atoms with Crippen LogP contribution in [0.25, 0.3) is 0 Å². The van der Waals surface area contributed by atoms with E-state index in [-0.39, 0.29) is 12.5 Å². The Hall–Kier alpha value is -1.07. The predicted octanol–water partition coefficient (Wildman–Crippen LogP) is 2.26. The molecule has 1 heterocycles. The lowest BCUT2D eigenvalue weighted by atomic mass is 10.3. The number of thiophene rings is 1. The van der Waals surface area contributed by atoms with Crippen LogP contribution in [0.2, 0.25) is 5.02 Å². The van der Waals surface area contributed by atoms with Gasteiger partial charge in [0, 0.05) is 6.54 Å². The Kier molecular flexibility index (Phi) is 4.32. The molecule has 6 heteroatoms. The zero-order valence-corrected chi connectivity index (χ0v) is 10.6. The van der Waals surface area contributed by atoms with Crippen LogP contribution in [-0.4, -0.2) is 35.0 Å². The molecule has 4 nitrogen and oxygen atoms in total. The maximum Gasteiger partial charge on any atom is 0.323 e. The fourth-order valence-electron chi connectivity index (χ4n) is 1.21. The summed E-state index contributed by atoms with van der Waals surface area (Å²) >= 11 is 7.20. The Balaban J connectivity index is 2.91. The number of carbonyl (C=O) groups excluding carboxylic acids is 1. The molecule has 0 aliphatic rings. The summed E-state index contributed by atoms with van der Waals surface area (Å²) in [6, 6.07) is 0. The summed E-state index contributed by atoms with van der Waals surface area (Å²) in [5.74, 6) is -1.35. The predicted molar refractivity (Wildman–Crippen MR) is 63.3 cm³/mol. The van der Waals surface area contributed by atoms with E-state index >= 15 is 0 Å². The largest absolute Gasteiger partial charge is 0.480 e. The number of aryl methyl sites for hydroxylation is 1. The molecule has 0 atom stereocenters. The molecule has 0 aliphatic carbocycles. The highest BCUT2D eigenvalue weighted by atomic mass is 35.5. The number of nitrogens with zero attached hydrogens (tertiary/aromatic N) is 1. The van der Waals surface area contributed by atoms with Gasteiger partial charge in [-0.1, -0.05) is 11.6 Å². The molecule has 16 heavy (non-hydrogen) atoms. The van der Waals surface area contributed by atoms with Crippen molar-refractivity contribution in [3.8, 4) is 0 Å². The van der Waals surface area contributed by atoms with E-state index in [2.05, 4.69) is 0 Å². The Labute approximate surface area is 102 Å².